The van der Waals surface area contributed by atoms with E-state index in [1.54, 1.807) is 0 Å². The average molecular weight is 237 g/mol. The van der Waals surface area contributed by atoms with Crippen molar-refractivity contribution in [3.63, 3.8) is 0 Å². The van der Waals surface area contributed by atoms with Gasteiger partial charge in [-0.2, -0.15) is 0 Å². The van der Waals surface area contributed by atoms with Gasteiger partial charge in [0.2, 0.25) is 0 Å². The molecule has 0 amide bonds. The maximum absolute atomic E-state index is 6.16. The summed E-state index contributed by atoms with van der Waals surface area (Å²) in [7, 11) is 0. The molecule has 0 radical (unpaired) electrons. The highest BCUT2D eigenvalue weighted by molar-refractivity contribution is 5.02. The van der Waals surface area contributed by atoms with Gasteiger partial charge in [-0.3, -0.25) is 0 Å². The predicted octanol–water partition coefficient (Wildman–Crippen LogP) is 3.23. The molecule has 0 N–H and O–H groups in total. The molecule has 2 fully saturated rings. The van der Waals surface area contributed by atoms with Crippen molar-refractivity contribution in [1.29, 1.82) is 0 Å². The number of rotatable bonds is 3. The predicted molar refractivity (Wildman–Crippen MR) is 72.2 cm³/mol. The van der Waals surface area contributed by atoms with E-state index in [0.29, 0.717) is 18.1 Å². The minimum Gasteiger partial charge on any atom is -0.373 e. The monoisotopic (exact) mass is 237 g/mol. The maximum Gasteiger partial charge on any atom is 0.0770 e. The topological polar surface area (TPSA) is 12.5 Å². The quantitative estimate of drug-likeness (QED) is 0.699. The van der Waals surface area contributed by atoms with Crippen molar-refractivity contribution >= 4 is 0 Å². The van der Waals surface area contributed by atoms with Crippen molar-refractivity contribution < 1.29 is 4.74 Å². The minimum atomic E-state index is 0.384. The van der Waals surface area contributed by atoms with Gasteiger partial charge in [0.15, 0.2) is 0 Å². The van der Waals surface area contributed by atoms with E-state index in [4.69, 9.17) is 4.74 Å². The fourth-order valence-corrected chi connectivity index (χ4v) is 3.19. The molecule has 0 aromatic carbocycles. The number of piperidine rings is 1. The van der Waals surface area contributed by atoms with Crippen LogP contribution in [0.1, 0.15) is 46.0 Å². The molecule has 98 valence electrons. The zero-order valence-electron chi connectivity index (χ0n) is 11.5. The zero-order valence-corrected chi connectivity index (χ0v) is 11.5. The van der Waals surface area contributed by atoms with E-state index in [2.05, 4.69) is 25.3 Å². The van der Waals surface area contributed by atoms with Gasteiger partial charge in [-0.05, 0) is 52.6 Å². The van der Waals surface area contributed by atoms with E-state index in [9.17, 15) is 0 Å². The molecule has 2 rings (SSSR count). The van der Waals surface area contributed by atoms with Gasteiger partial charge in [0.05, 0.1) is 12.2 Å². The Morgan fingerprint density at radius 1 is 1.24 bits per heavy atom. The molecular formula is C15H27NO. The number of hydrogen-bond donors (Lipinski definition) is 0. The molecule has 3 atom stereocenters. The molecule has 0 aromatic heterocycles. The summed E-state index contributed by atoms with van der Waals surface area (Å²) < 4.78 is 6.16. The van der Waals surface area contributed by atoms with E-state index < -0.39 is 0 Å². The van der Waals surface area contributed by atoms with Gasteiger partial charge in [0.25, 0.3) is 0 Å². The molecule has 0 saturated carbocycles. The van der Waals surface area contributed by atoms with Gasteiger partial charge in [-0.15, -0.1) is 0 Å². The summed E-state index contributed by atoms with van der Waals surface area (Å²) in [6, 6.07) is 0. The van der Waals surface area contributed by atoms with Gasteiger partial charge < -0.3 is 9.64 Å². The molecule has 2 nitrogen and oxygen atoms in total. The molecule has 0 spiro atoms. The van der Waals surface area contributed by atoms with Crippen LogP contribution in [0.2, 0.25) is 0 Å². The SMILES string of the molecule is C=C(C)[C@H]1CC[C@H](C)O[C@H]1CN1CCCCC1. The largest absolute Gasteiger partial charge is 0.373 e. The Morgan fingerprint density at radius 2 is 1.94 bits per heavy atom. The van der Waals surface area contributed by atoms with E-state index in [1.807, 2.05) is 0 Å². The number of ether oxygens (including phenoxy) is 1. The van der Waals surface area contributed by atoms with Crippen LogP contribution < -0.4 is 0 Å². The van der Waals surface area contributed by atoms with Crippen molar-refractivity contribution in [3.05, 3.63) is 12.2 Å². The second-order valence-corrected chi connectivity index (χ2v) is 5.88. The molecule has 0 bridgehead atoms. The normalized spacial score (nSPS) is 35.8. The van der Waals surface area contributed by atoms with Gasteiger partial charge in [-0.1, -0.05) is 18.6 Å². The van der Waals surface area contributed by atoms with E-state index >= 15 is 0 Å². The lowest BCUT2D eigenvalue weighted by molar-refractivity contribution is -0.0793. The van der Waals surface area contributed by atoms with Crippen LogP contribution in [0.3, 0.4) is 0 Å². The van der Waals surface area contributed by atoms with Crippen molar-refractivity contribution in [2.75, 3.05) is 19.6 Å². The zero-order chi connectivity index (χ0) is 12.3. The fraction of sp³-hybridized carbons (Fsp3) is 0.867. The van der Waals surface area contributed by atoms with Gasteiger partial charge in [-0.25, -0.2) is 0 Å². The van der Waals surface area contributed by atoms with E-state index in [-0.39, 0.29) is 0 Å². The van der Waals surface area contributed by atoms with Crippen LogP contribution in [-0.4, -0.2) is 36.7 Å². The van der Waals surface area contributed by atoms with Crippen molar-refractivity contribution in [2.24, 2.45) is 5.92 Å². The van der Waals surface area contributed by atoms with Gasteiger partial charge >= 0.3 is 0 Å². The van der Waals surface area contributed by atoms with Crippen LogP contribution in [0.4, 0.5) is 0 Å². The van der Waals surface area contributed by atoms with E-state index in [0.717, 1.165) is 6.54 Å². The summed E-state index contributed by atoms with van der Waals surface area (Å²) in [6.07, 6.45) is 7.39. The smallest absolute Gasteiger partial charge is 0.0770 e. The molecule has 2 heterocycles. The number of likely N-dealkylation sites (tertiary alicyclic amines) is 1. The Hall–Kier alpha value is -0.340. The summed E-state index contributed by atoms with van der Waals surface area (Å²) in [5.74, 6) is 0.577. The summed E-state index contributed by atoms with van der Waals surface area (Å²) in [5.41, 5.74) is 1.30. The van der Waals surface area contributed by atoms with Crippen LogP contribution in [0.25, 0.3) is 0 Å². The Balaban J connectivity index is 1.92. The molecule has 17 heavy (non-hydrogen) atoms. The molecular weight excluding hydrogens is 210 g/mol. The summed E-state index contributed by atoms with van der Waals surface area (Å²) >= 11 is 0. The first-order valence-electron chi connectivity index (χ1n) is 7.20. The lowest BCUT2D eigenvalue weighted by Crippen LogP contribution is -2.44. The van der Waals surface area contributed by atoms with Crippen LogP contribution >= 0.6 is 0 Å². The highest BCUT2D eigenvalue weighted by atomic mass is 16.5. The second-order valence-electron chi connectivity index (χ2n) is 5.88. The molecule has 2 aliphatic heterocycles. The summed E-state index contributed by atoms with van der Waals surface area (Å²) in [5, 5.41) is 0. The lowest BCUT2D eigenvalue weighted by atomic mass is 9.86. The summed E-state index contributed by atoms with van der Waals surface area (Å²) in [6.45, 7) is 12.1. The van der Waals surface area contributed by atoms with Crippen LogP contribution in [0.15, 0.2) is 12.2 Å². The molecule has 0 aliphatic carbocycles. The molecule has 2 heteroatoms. The number of nitrogens with zero attached hydrogens (tertiary/aromatic N) is 1. The van der Waals surface area contributed by atoms with Crippen molar-refractivity contribution in [3.8, 4) is 0 Å². The third-order valence-corrected chi connectivity index (χ3v) is 4.26. The minimum absolute atomic E-state index is 0.384. The Bertz CT molecular complexity index is 258. The molecule has 0 aromatic rings. The molecule has 0 unspecified atom stereocenters. The first kappa shape index (κ1) is 13.1. The highest BCUT2D eigenvalue weighted by Crippen LogP contribution is 2.30. The van der Waals surface area contributed by atoms with Crippen molar-refractivity contribution in [2.45, 2.75) is 58.2 Å². The van der Waals surface area contributed by atoms with Crippen LogP contribution in [0, 0.1) is 5.92 Å². The number of hydrogen-bond acceptors (Lipinski definition) is 2. The molecule has 2 aliphatic rings. The fourth-order valence-electron chi connectivity index (χ4n) is 3.19. The Morgan fingerprint density at radius 3 is 2.59 bits per heavy atom. The van der Waals surface area contributed by atoms with Crippen LogP contribution in [-0.2, 0) is 4.74 Å². The lowest BCUT2D eigenvalue weighted by Gasteiger charge is -2.39. The highest BCUT2D eigenvalue weighted by Gasteiger charge is 2.31. The van der Waals surface area contributed by atoms with Crippen molar-refractivity contribution in [1.82, 2.24) is 4.90 Å². The Kier molecular flexibility index (Phi) is 4.63. The third kappa shape index (κ3) is 3.56. The standard InChI is InChI=1S/C15H27NO/c1-12(2)14-8-7-13(3)17-15(14)11-16-9-5-4-6-10-16/h13-15H,1,4-11H2,2-3H3/t13-,14+,15-/m0/s1. The average Bonchev–Trinajstić information content (AvgIpc) is 2.30. The second kappa shape index (κ2) is 6.01. The first-order valence-corrected chi connectivity index (χ1v) is 7.20. The van der Waals surface area contributed by atoms with Gasteiger partial charge in [0.1, 0.15) is 0 Å². The van der Waals surface area contributed by atoms with Gasteiger partial charge in [0, 0.05) is 12.5 Å². The van der Waals surface area contributed by atoms with Crippen LogP contribution in [0.5, 0.6) is 0 Å². The first-order chi connectivity index (χ1) is 8.16. The molecule has 2 saturated heterocycles. The third-order valence-electron chi connectivity index (χ3n) is 4.26. The Labute approximate surface area is 106 Å². The van der Waals surface area contributed by atoms with E-state index in [1.165, 1.54) is 50.8 Å². The maximum atomic E-state index is 6.16. The summed E-state index contributed by atoms with van der Waals surface area (Å²) in [4.78, 5) is 2.59.